The average Bonchev–Trinajstić information content (AvgIpc) is 2.02. The van der Waals surface area contributed by atoms with Gasteiger partial charge in [-0.2, -0.15) is 0 Å². The first-order valence-corrected chi connectivity index (χ1v) is 4.72. The lowest BCUT2D eigenvalue weighted by Crippen LogP contribution is -2.37. The molecule has 0 spiro atoms. The lowest BCUT2D eigenvalue weighted by Gasteiger charge is -2.32. The molecule has 0 bridgehead atoms. The minimum Gasteiger partial charge on any atom is -0.371 e. The maximum atomic E-state index is 9.88. The fourth-order valence-corrected chi connectivity index (χ4v) is 2.27. The molecule has 3 N–H and O–H groups in total. The zero-order valence-electron chi connectivity index (χ0n) is 7.20. The lowest BCUT2D eigenvalue weighted by atomic mass is 9.86. The van der Waals surface area contributed by atoms with Crippen molar-refractivity contribution in [2.75, 3.05) is 0 Å². The standard InChI is InChI=1S/C10H12ClNO/c11-10(13)6-8(12)5-7-3-1-2-4-9(7)10/h1-4,8,13H,5-6,12H2. The van der Waals surface area contributed by atoms with Gasteiger partial charge in [0.1, 0.15) is 0 Å². The third-order valence-corrected chi connectivity index (χ3v) is 2.80. The van der Waals surface area contributed by atoms with Gasteiger partial charge in [0.25, 0.3) is 0 Å². The van der Waals surface area contributed by atoms with Crippen LogP contribution < -0.4 is 5.73 Å². The van der Waals surface area contributed by atoms with E-state index in [1.165, 1.54) is 0 Å². The van der Waals surface area contributed by atoms with Crippen LogP contribution in [0.2, 0.25) is 0 Å². The zero-order chi connectivity index (χ0) is 9.47. The Hall–Kier alpha value is -0.570. The van der Waals surface area contributed by atoms with E-state index in [0.717, 1.165) is 17.5 Å². The normalized spacial score (nSPS) is 32.7. The largest absolute Gasteiger partial charge is 0.371 e. The first-order chi connectivity index (χ1) is 6.09. The van der Waals surface area contributed by atoms with Crippen LogP contribution in [0.25, 0.3) is 0 Å². The summed E-state index contributed by atoms with van der Waals surface area (Å²) in [7, 11) is 0. The van der Waals surface area contributed by atoms with Gasteiger partial charge >= 0.3 is 0 Å². The van der Waals surface area contributed by atoms with Gasteiger partial charge in [-0.3, -0.25) is 0 Å². The van der Waals surface area contributed by atoms with E-state index in [9.17, 15) is 5.11 Å². The lowest BCUT2D eigenvalue weighted by molar-refractivity contribution is 0.101. The van der Waals surface area contributed by atoms with Crippen LogP contribution in [-0.4, -0.2) is 11.1 Å². The molecule has 13 heavy (non-hydrogen) atoms. The molecular weight excluding hydrogens is 186 g/mol. The number of alkyl halides is 1. The van der Waals surface area contributed by atoms with E-state index in [-0.39, 0.29) is 6.04 Å². The van der Waals surface area contributed by atoms with E-state index >= 15 is 0 Å². The predicted molar refractivity (Wildman–Crippen MR) is 52.5 cm³/mol. The number of hydrogen-bond donors (Lipinski definition) is 2. The van der Waals surface area contributed by atoms with E-state index in [4.69, 9.17) is 17.3 Å². The summed E-state index contributed by atoms with van der Waals surface area (Å²) >= 11 is 5.97. The smallest absolute Gasteiger partial charge is 0.166 e. The summed E-state index contributed by atoms with van der Waals surface area (Å²) in [6.45, 7) is 0. The summed E-state index contributed by atoms with van der Waals surface area (Å²) in [5.74, 6) is 0. The molecular formula is C10H12ClNO. The summed E-state index contributed by atoms with van der Waals surface area (Å²) in [4.78, 5) is 0. The summed E-state index contributed by atoms with van der Waals surface area (Å²) in [6, 6.07) is 7.58. The molecule has 2 nitrogen and oxygen atoms in total. The van der Waals surface area contributed by atoms with E-state index in [1.54, 1.807) is 0 Å². The fourth-order valence-electron chi connectivity index (χ4n) is 1.88. The van der Waals surface area contributed by atoms with Crippen molar-refractivity contribution in [3.8, 4) is 0 Å². The molecule has 1 aliphatic rings. The van der Waals surface area contributed by atoms with Gasteiger partial charge in [0.2, 0.25) is 0 Å². The Balaban J connectivity index is 2.50. The number of aliphatic hydroxyl groups is 1. The van der Waals surface area contributed by atoms with Crippen molar-refractivity contribution >= 4 is 11.6 Å². The monoisotopic (exact) mass is 197 g/mol. The second kappa shape index (κ2) is 2.98. The van der Waals surface area contributed by atoms with Crippen molar-refractivity contribution in [3.05, 3.63) is 35.4 Å². The Labute approximate surface area is 82.3 Å². The Bertz CT molecular complexity index is 324. The maximum absolute atomic E-state index is 9.88. The SMILES string of the molecule is NC1Cc2ccccc2C(O)(Cl)C1. The second-order valence-electron chi connectivity index (χ2n) is 3.58. The van der Waals surface area contributed by atoms with Gasteiger partial charge in [-0.1, -0.05) is 35.9 Å². The minimum atomic E-state index is -1.27. The van der Waals surface area contributed by atoms with Crippen LogP contribution in [0.1, 0.15) is 17.5 Å². The fraction of sp³-hybridized carbons (Fsp3) is 0.400. The second-order valence-corrected chi connectivity index (χ2v) is 4.21. The van der Waals surface area contributed by atoms with E-state index in [2.05, 4.69) is 0 Å². The first-order valence-electron chi connectivity index (χ1n) is 4.35. The highest BCUT2D eigenvalue weighted by Crippen LogP contribution is 2.37. The number of benzene rings is 1. The number of nitrogens with two attached hydrogens (primary N) is 1. The molecule has 2 atom stereocenters. The van der Waals surface area contributed by atoms with Gasteiger partial charge in [-0.15, -0.1) is 0 Å². The van der Waals surface area contributed by atoms with Crippen molar-refractivity contribution in [2.24, 2.45) is 5.73 Å². The van der Waals surface area contributed by atoms with Gasteiger partial charge in [0.15, 0.2) is 5.06 Å². The molecule has 0 amide bonds. The first kappa shape index (κ1) is 9.00. The zero-order valence-corrected chi connectivity index (χ0v) is 7.96. The average molecular weight is 198 g/mol. The van der Waals surface area contributed by atoms with Crippen LogP contribution in [0, 0.1) is 0 Å². The molecule has 0 saturated carbocycles. The van der Waals surface area contributed by atoms with Gasteiger partial charge in [0, 0.05) is 18.0 Å². The molecule has 1 aromatic carbocycles. The molecule has 0 saturated heterocycles. The van der Waals surface area contributed by atoms with Crippen molar-refractivity contribution in [1.82, 2.24) is 0 Å². The number of hydrogen-bond acceptors (Lipinski definition) is 2. The Morgan fingerprint density at radius 2 is 2.15 bits per heavy atom. The third kappa shape index (κ3) is 1.57. The van der Waals surface area contributed by atoms with E-state index < -0.39 is 5.06 Å². The highest BCUT2D eigenvalue weighted by molar-refractivity contribution is 6.23. The van der Waals surface area contributed by atoms with Crippen molar-refractivity contribution in [1.29, 1.82) is 0 Å². The van der Waals surface area contributed by atoms with E-state index in [0.29, 0.717) is 6.42 Å². The van der Waals surface area contributed by atoms with Crippen molar-refractivity contribution in [2.45, 2.75) is 23.9 Å². The van der Waals surface area contributed by atoms with Crippen LogP contribution in [0.3, 0.4) is 0 Å². The summed E-state index contributed by atoms with van der Waals surface area (Å²) in [5.41, 5.74) is 7.64. The number of rotatable bonds is 0. The highest BCUT2D eigenvalue weighted by Gasteiger charge is 2.35. The van der Waals surface area contributed by atoms with E-state index in [1.807, 2.05) is 24.3 Å². The number of halogens is 1. The van der Waals surface area contributed by atoms with Gasteiger partial charge in [-0.05, 0) is 12.0 Å². The van der Waals surface area contributed by atoms with Crippen LogP contribution in [0.5, 0.6) is 0 Å². The maximum Gasteiger partial charge on any atom is 0.166 e. The van der Waals surface area contributed by atoms with Crippen molar-refractivity contribution in [3.63, 3.8) is 0 Å². The molecule has 0 heterocycles. The van der Waals surface area contributed by atoms with Crippen LogP contribution >= 0.6 is 11.6 Å². The van der Waals surface area contributed by atoms with Crippen LogP contribution in [0.15, 0.2) is 24.3 Å². The summed E-state index contributed by atoms with van der Waals surface area (Å²) < 4.78 is 0. The van der Waals surface area contributed by atoms with Gasteiger partial charge < -0.3 is 10.8 Å². The molecule has 1 aromatic rings. The predicted octanol–water partition coefficient (Wildman–Crippen LogP) is 1.34. The Morgan fingerprint density at radius 3 is 2.92 bits per heavy atom. The highest BCUT2D eigenvalue weighted by atomic mass is 35.5. The molecule has 0 fully saturated rings. The van der Waals surface area contributed by atoms with Gasteiger partial charge in [0.05, 0.1) is 0 Å². The van der Waals surface area contributed by atoms with Crippen molar-refractivity contribution < 1.29 is 5.11 Å². The molecule has 2 unspecified atom stereocenters. The third-order valence-electron chi connectivity index (χ3n) is 2.44. The molecule has 0 aliphatic heterocycles. The minimum absolute atomic E-state index is 0.0441. The molecule has 1 aliphatic carbocycles. The molecule has 70 valence electrons. The molecule has 2 rings (SSSR count). The quantitative estimate of drug-likeness (QED) is 0.617. The Morgan fingerprint density at radius 1 is 1.46 bits per heavy atom. The summed E-state index contributed by atoms with van der Waals surface area (Å²) in [5, 5.41) is 8.61. The van der Waals surface area contributed by atoms with Gasteiger partial charge in [-0.25, -0.2) is 0 Å². The topological polar surface area (TPSA) is 46.2 Å². The molecule has 0 radical (unpaired) electrons. The molecule has 0 aromatic heterocycles. The number of fused-ring (bicyclic) bond motifs is 1. The van der Waals surface area contributed by atoms with Crippen LogP contribution in [-0.2, 0) is 11.5 Å². The Kier molecular flexibility index (Phi) is 2.06. The summed E-state index contributed by atoms with van der Waals surface area (Å²) in [6.07, 6.45) is 1.22. The molecule has 3 heteroatoms. The van der Waals surface area contributed by atoms with Crippen LogP contribution in [0.4, 0.5) is 0 Å².